The fraction of sp³-hybridized carbons (Fsp3) is 0.435. The molecule has 0 bridgehead atoms. The van der Waals surface area contributed by atoms with Crippen LogP contribution in [0.4, 0.5) is 0 Å². The van der Waals surface area contributed by atoms with Crippen LogP contribution in [0.5, 0.6) is 0 Å². The van der Waals surface area contributed by atoms with Crippen molar-refractivity contribution in [3.8, 4) is 0 Å². The van der Waals surface area contributed by atoms with E-state index in [1.807, 2.05) is 6.07 Å². The van der Waals surface area contributed by atoms with E-state index in [1.54, 1.807) is 18.3 Å². The predicted octanol–water partition coefficient (Wildman–Crippen LogP) is 3.29. The highest BCUT2D eigenvalue weighted by molar-refractivity contribution is 5.94. The first kappa shape index (κ1) is 18.7. The van der Waals surface area contributed by atoms with Gasteiger partial charge in [-0.1, -0.05) is 43.2 Å². The van der Waals surface area contributed by atoms with E-state index in [2.05, 4.69) is 39.9 Å². The fourth-order valence-corrected chi connectivity index (χ4v) is 4.94. The predicted molar refractivity (Wildman–Crippen MR) is 108 cm³/mol. The van der Waals surface area contributed by atoms with Crippen LogP contribution in [0.3, 0.4) is 0 Å². The zero-order chi connectivity index (χ0) is 19.3. The summed E-state index contributed by atoms with van der Waals surface area (Å²) in [6.07, 6.45) is 8.47. The second kappa shape index (κ2) is 8.55. The molecule has 4 rings (SSSR count). The Labute approximate surface area is 165 Å². The molecule has 1 aromatic heterocycles. The van der Waals surface area contributed by atoms with Gasteiger partial charge in [-0.05, 0) is 42.4 Å². The second-order valence-electron chi connectivity index (χ2n) is 7.89. The first-order valence-corrected chi connectivity index (χ1v) is 10.3. The minimum Gasteiger partial charge on any atom is -0.352 e. The zero-order valence-corrected chi connectivity index (χ0v) is 16.0. The molecule has 0 unspecified atom stereocenters. The number of hydrogen-bond donors (Lipinski definition) is 2. The number of benzene rings is 1. The van der Waals surface area contributed by atoms with Crippen LogP contribution in [0.1, 0.15) is 53.9 Å². The van der Waals surface area contributed by atoms with Gasteiger partial charge in [0, 0.05) is 37.3 Å². The molecule has 5 nitrogen and oxygen atoms in total. The molecule has 0 aliphatic heterocycles. The summed E-state index contributed by atoms with van der Waals surface area (Å²) in [7, 11) is 0. The van der Waals surface area contributed by atoms with Crippen molar-refractivity contribution in [3.63, 3.8) is 0 Å². The topological polar surface area (TPSA) is 71.1 Å². The largest absolute Gasteiger partial charge is 0.352 e. The lowest BCUT2D eigenvalue weighted by Crippen LogP contribution is -2.59. The van der Waals surface area contributed by atoms with Gasteiger partial charge in [-0.25, -0.2) is 0 Å². The molecule has 2 aromatic rings. The van der Waals surface area contributed by atoms with Gasteiger partial charge in [-0.15, -0.1) is 0 Å². The maximum absolute atomic E-state index is 12.5. The normalized spacial score (nSPS) is 25.9. The van der Waals surface area contributed by atoms with E-state index in [1.165, 1.54) is 37.4 Å². The first-order chi connectivity index (χ1) is 13.7. The lowest BCUT2D eigenvalue weighted by Gasteiger charge is -2.55. The van der Waals surface area contributed by atoms with E-state index >= 15 is 0 Å². The van der Waals surface area contributed by atoms with E-state index < -0.39 is 0 Å². The van der Waals surface area contributed by atoms with Gasteiger partial charge in [0.1, 0.15) is 0 Å². The van der Waals surface area contributed by atoms with Gasteiger partial charge in [-0.2, -0.15) is 0 Å². The fourth-order valence-electron chi connectivity index (χ4n) is 4.94. The highest BCUT2D eigenvalue weighted by atomic mass is 16.2. The number of carbonyl (C=O) groups excluding carboxylic acids is 2. The van der Waals surface area contributed by atoms with Crippen molar-refractivity contribution >= 4 is 11.8 Å². The van der Waals surface area contributed by atoms with Crippen molar-refractivity contribution in [1.82, 2.24) is 15.6 Å². The molecule has 2 amide bonds. The van der Waals surface area contributed by atoms with Gasteiger partial charge in [0.05, 0.1) is 5.56 Å². The van der Waals surface area contributed by atoms with Crippen LogP contribution in [-0.2, 0) is 4.79 Å². The summed E-state index contributed by atoms with van der Waals surface area (Å²) in [5.74, 6) is 1.51. The maximum Gasteiger partial charge on any atom is 0.252 e. The molecule has 5 heteroatoms. The standard InChI is InChI=1S/C23H27N3O2/c27-20(12-14-25-23(28)17-9-6-13-24-15-17)26-22-19-11-5-4-10-18(19)21(22)16-7-2-1-3-8-16/h1-3,6-9,13,15,18-19,21-22H,4-5,10-12,14H2,(H,25,28)(H,26,27)/t18-,19+,21+,22+/m1/s1. The third-order valence-electron chi connectivity index (χ3n) is 6.26. The Bertz CT molecular complexity index is 809. The van der Waals surface area contributed by atoms with Crippen LogP contribution in [0.25, 0.3) is 0 Å². The highest BCUT2D eigenvalue weighted by Crippen LogP contribution is 2.54. The lowest BCUT2D eigenvalue weighted by molar-refractivity contribution is -0.124. The number of aromatic nitrogens is 1. The minimum absolute atomic E-state index is 0.0152. The summed E-state index contributed by atoms with van der Waals surface area (Å²) in [5, 5.41) is 6.07. The molecule has 0 radical (unpaired) electrons. The summed E-state index contributed by atoms with van der Waals surface area (Å²) in [4.78, 5) is 28.5. The summed E-state index contributed by atoms with van der Waals surface area (Å²) < 4.78 is 0. The van der Waals surface area contributed by atoms with Crippen molar-refractivity contribution in [2.24, 2.45) is 11.8 Å². The molecule has 28 heavy (non-hydrogen) atoms. The van der Waals surface area contributed by atoms with Gasteiger partial charge in [0.2, 0.25) is 5.91 Å². The van der Waals surface area contributed by atoms with Gasteiger partial charge >= 0.3 is 0 Å². The van der Waals surface area contributed by atoms with Crippen molar-refractivity contribution in [2.45, 2.75) is 44.1 Å². The number of nitrogens with one attached hydrogen (secondary N) is 2. The number of nitrogens with zero attached hydrogens (tertiary/aromatic N) is 1. The number of carbonyl (C=O) groups is 2. The number of hydrogen-bond acceptors (Lipinski definition) is 3. The van der Waals surface area contributed by atoms with E-state index in [9.17, 15) is 9.59 Å². The zero-order valence-electron chi connectivity index (χ0n) is 16.0. The molecule has 2 saturated carbocycles. The third kappa shape index (κ3) is 3.93. The van der Waals surface area contributed by atoms with Gasteiger partial charge in [0.15, 0.2) is 0 Å². The molecule has 0 saturated heterocycles. The number of pyridine rings is 1. The molecular weight excluding hydrogens is 350 g/mol. The molecule has 4 atom stereocenters. The van der Waals surface area contributed by atoms with E-state index in [-0.39, 0.29) is 17.9 Å². The Balaban J connectivity index is 1.32. The Morgan fingerprint density at radius 2 is 1.79 bits per heavy atom. The quantitative estimate of drug-likeness (QED) is 0.811. The van der Waals surface area contributed by atoms with Crippen LogP contribution in [0.15, 0.2) is 54.9 Å². The molecular formula is C23H27N3O2. The monoisotopic (exact) mass is 377 g/mol. The molecule has 0 spiro atoms. The highest BCUT2D eigenvalue weighted by Gasteiger charge is 2.51. The second-order valence-corrected chi connectivity index (χ2v) is 7.89. The minimum atomic E-state index is -0.195. The Morgan fingerprint density at radius 3 is 2.54 bits per heavy atom. The number of fused-ring (bicyclic) bond motifs is 1. The molecule has 146 valence electrons. The summed E-state index contributed by atoms with van der Waals surface area (Å²) in [6, 6.07) is 14.2. The SMILES string of the molecule is O=C(CCNC(=O)c1cccnc1)N[C@H]1[C@H]2CCCC[C@H]2[C@@H]1c1ccccc1. The summed E-state index contributed by atoms with van der Waals surface area (Å²) in [6.45, 7) is 0.330. The van der Waals surface area contributed by atoms with Crippen molar-refractivity contribution in [3.05, 3.63) is 66.0 Å². The summed E-state index contributed by atoms with van der Waals surface area (Å²) >= 11 is 0. The van der Waals surface area contributed by atoms with Crippen molar-refractivity contribution < 1.29 is 9.59 Å². The lowest BCUT2D eigenvalue weighted by atomic mass is 9.53. The van der Waals surface area contributed by atoms with E-state index in [4.69, 9.17) is 0 Å². The van der Waals surface area contributed by atoms with Crippen molar-refractivity contribution in [1.29, 1.82) is 0 Å². The number of rotatable bonds is 6. The van der Waals surface area contributed by atoms with Crippen LogP contribution in [-0.4, -0.2) is 29.4 Å². The molecule has 1 heterocycles. The van der Waals surface area contributed by atoms with Gasteiger partial charge in [-0.3, -0.25) is 14.6 Å². The van der Waals surface area contributed by atoms with E-state index in [0.29, 0.717) is 36.3 Å². The Hall–Kier alpha value is -2.69. The molecule has 2 fully saturated rings. The van der Waals surface area contributed by atoms with Crippen LogP contribution < -0.4 is 10.6 Å². The Morgan fingerprint density at radius 1 is 1.00 bits per heavy atom. The third-order valence-corrected chi connectivity index (χ3v) is 6.26. The molecule has 2 aliphatic rings. The van der Waals surface area contributed by atoms with Gasteiger partial charge < -0.3 is 10.6 Å². The summed E-state index contributed by atoms with van der Waals surface area (Å²) in [5.41, 5.74) is 1.84. The van der Waals surface area contributed by atoms with Crippen LogP contribution in [0.2, 0.25) is 0 Å². The number of amides is 2. The van der Waals surface area contributed by atoms with Crippen LogP contribution in [0, 0.1) is 11.8 Å². The van der Waals surface area contributed by atoms with Gasteiger partial charge in [0.25, 0.3) is 5.91 Å². The average molecular weight is 377 g/mol. The first-order valence-electron chi connectivity index (χ1n) is 10.3. The molecule has 2 N–H and O–H groups in total. The Kier molecular flexibility index (Phi) is 5.70. The molecule has 2 aliphatic carbocycles. The molecule has 1 aromatic carbocycles. The van der Waals surface area contributed by atoms with Crippen LogP contribution >= 0.6 is 0 Å². The van der Waals surface area contributed by atoms with Crippen molar-refractivity contribution in [2.75, 3.05) is 6.54 Å². The van der Waals surface area contributed by atoms with E-state index in [0.717, 1.165) is 0 Å². The smallest absolute Gasteiger partial charge is 0.252 e. The average Bonchev–Trinajstić information content (AvgIpc) is 2.74. The maximum atomic E-state index is 12.5.